The Morgan fingerprint density at radius 2 is 1.75 bits per heavy atom. The van der Waals surface area contributed by atoms with Crippen molar-refractivity contribution in [1.29, 1.82) is 0 Å². The van der Waals surface area contributed by atoms with Crippen LogP contribution >= 0.6 is 11.6 Å². The maximum Gasteiger partial charge on any atom is 0.434 e. The molecule has 4 nitrogen and oxygen atoms in total. The highest BCUT2D eigenvalue weighted by atomic mass is 35.5. The van der Waals surface area contributed by atoms with Crippen molar-refractivity contribution in [2.24, 2.45) is 7.05 Å². The molecule has 1 amide bonds. The first-order valence-electron chi connectivity index (χ1n) is 6.41. The van der Waals surface area contributed by atoms with E-state index in [0.29, 0.717) is 17.8 Å². The number of carbonyl (C=O) groups excluding carboxylic acids is 1. The van der Waals surface area contributed by atoms with Gasteiger partial charge in [0, 0.05) is 20.1 Å². The summed E-state index contributed by atoms with van der Waals surface area (Å²) in [7, 11) is 1.13. The lowest BCUT2D eigenvalue weighted by Gasteiger charge is -2.19. The van der Waals surface area contributed by atoms with E-state index in [1.165, 1.54) is 4.90 Å². The fourth-order valence-electron chi connectivity index (χ4n) is 2.37. The average Bonchev–Trinajstić information content (AvgIpc) is 2.56. The van der Waals surface area contributed by atoms with Crippen molar-refractivity contribution in [1.82, 2.24) is 14.7 Å². The molecule has 2 heterocycles. The number of hydrogen-bond acceptors (Lipinski definition) is 2. The van der Waals surface area contributed by atoms with Crippen LogP contribution in [0.1, 0.15) is 41.9 Å². The maximum atomic E-state index is 12.8. The normalized spacial score (nSPS) is 17.1. The van der Waals surface area contributed by atoms with Gasteiger partial charge in [-0.1, -0.05) is 24.4 Å². The zero-order valence-corrected chi connectivity index (χ0v) is 11.8. The van der Waals surface area contributed by atoms with E-state index in [1.54, 1.807) is 0 Å². The lowest BCUT2D eigenvalue weighted by atomic mass is 10.2. The van der Waals surface area contributed by atoms with E-state index in [0.717, 1.165) is 32.7 Å². The van der Waals surface area contributed by atoms with Gasteiger partial charge in [0.05, 0.1) is 0 Å². The second-order valence-electron chi connectivity index (χ2n) is 4.84. The van der Waals surface area contributed by atoms with Crippen molar-refractivity contribution in [2.45, 2.75) is 31.9 Å². The summed E-state index contributed by atoms with van der Waals surface area (Å²) < 4.78 is 39.1. The van der Waals surface area contributed by atoms with Crippen LogP contribution in [-0.2, 0) is 13.2 Å². The molecule has 1 fully saturated rings. The fraction of sp³-hybridized carbons (Fsp3) is 0.667. The summed E-state index contributed by atoms with van der Waals surface area (Å²) in [5, 5.41) is 3.04. The molecule has 0 radical (unpaired) electrons. The third-order valence-electron chi connectivity index (χ3n) is 3.35. The summed E-state index contributed by atoms with van der Waals surface area (Å²) >= 11 is 5.72. The van der Waals surface area contributed by atoms with E-state index in [2.05, 4.69) is 5.10 Å². The average molecular weight is 310 g/mol. The van der Waals surface area contributed by atoms with Crippen LogP contribution in [0.15, 0.2) is 0 Å². The quantitative estimate of drug-likeness (QED) is 0.799. The van der Waals surface area contributed by atoms with Gasteiger partial charge in [0.15, 0.2) is 11.4 Å². The van der Waals surface area contributed by atoms with Crippen LogP contribution in [0.5, 0.6) is 0 Å². The number of aryl methyl sites for hydroxylation is 1. The lowest BCUT2D eigenvalue weighted by molar-refractivity contribution is -0.143. The third-order valence-corrected chi connectivity index (χ3v) is 3.71. The smallest absolute Gasteiger partial charge is 0.337 e. The third kappa shape index (κ3) is 2.92. The van der Waals surface area contributed by atoms with Crippen LogP contribution in [-0.4, -0.2) is 33.7 Å². The van der Waals surface area contributed by atoms with E-state index in [1.807, 2.05) is 0 Å². The maximum absolute atomic E-state index is 12.8. The minimum absolute atomic E-state index is 0.316. The molecule has 0 aliphatic carbocycles. The molecule has 20 heavy (non-hydrogen) atoms. The summed E-state index contributed by atoms with van der Waals surface area (Å²) in [6.07, 6.45) is -0.887. The van der Waals surface area contributed by atoms with Crippen molar-refractivity contribution >= 4 is 17.5 Å². The number of carbonyl (C=O) groups is 1. The molecule has 1 aromatic heterocycles. The van der Waals surface area contributed by atoms with Gasteiger partial charge in [0.25, 0.3) is 5.91 Å². The van der Waals surface area contributed by atoms with Gasteiger partial charge in [0.1, 0.15) is 5.02 Å². The first kappa shape index (κ1) is 15.2. The highest BCUT2D eigenvalue weighted by molar-refractivity contribution is 6.34. The number of amides is 1. The number of alkyl halides is 3. The molecule has 0 atom stereocenters. The van der Waals surface area contributed by atoms with Gasteiger partial charge in [0.2, 0.25) is 0 Å². The molecule has 0 bridgehead atoms. The largest absolute Gasteiger partial charge is 0.434 e. The number of halogens is 4. The highest BCUT2D eigenvalue weighted by Crippen LogP contribution is 2.36. The molecule has 112 valence electrons. The molecule has 1 aliphatic heterocycles. The first-order chi connectivity index (χ1) is 9.32. The van der Waals surface area contributed by atoms with E-state index >= 15 is 0 Å². The van der Waals surface area contributed by atoms with Gasteiger partial charge in [-0.3, -0.25) is 9.48 Å². The minimum Gasteiger partial charge on any atom is -0.337 e. The van der Waals surface area contributed by atoms with Crippen LogP contribution in [0.3, 0.4) is 0 Å². The number of likely N-dealkylation sites (tertiary alicyclic amines) is 1. The molecule has 2 rings (SSSR count). The van der Waals surface area contributed by atoms with E-state index in [-0.39, 0.29) is 5.69 Å². The zero-order valence-electron chi connectivity index (χ0n) is 11.0. The Hall–Kier alpha value is -1.24. The predicted molar refractivity (Wildman–Crippen MR) is 67.6 cm³/mol. The topological polar surface area (TPSA) is 38.1 Å². The molecule has 1 aromatic rings. The van der Waals surface area contributed by atoms with Crippen molar-refractivity contribution in [3.63, 3.8) is 0 Å². The molecule has 0 N–H and O–H groups in total. The fourth-order valence-corrected chi connectivity index (χ4v) is 2.71. The molecule has 1 aliphatic rings. The van der Waals surface area contributed by atoms with E-state index < -0.39 is 22.8 Å². The van der Waals surface area contributed by atoms with Gasteiger partial charge < -0.3 is 4.90 Å². The molecular formula is C12H15ClF3N3O. The molecule has 0 spiro atoms. The second-order valence-corrected chi connectivity index (χ2v) is 5.22. The molecule has 0 unspecified atom stereocenters. The summed E-state index contributed by atoms with van der Waals surface area (Å²) in [6.45, 7) is 1.07. The van der Waals surface area contributed by atoms with Crippen LogP contribution in [0.2, 0.25) is 5.02 Å². The molecule has 0 aromatic carbocycles. The molecule has 0 saturated carbocycles. The second kappa shape index (κ2) is 5.63. The Bertz CT molecular complexity index is 505. The lowest BCUT2D eigenvalue weighted by Crippen LogP contribution is -2.32. The number of nitrogens with zero attached hydrogens (tertiary/aromatic N) is 3. The molecule has 8 heteroatoms. The van der Waals surface area contributed by atoms with Crippen LogP contribution < -0.4 is 0 Å². The van der Waals surface area contributed by atoms with Crippen LogP contribution in [0.4, 0.5) is 13.2 Å². The Balaban J connectivity index is 2.31. The standard InChI is InChI=1S/C12H15ClF3N3O/c1-18-10(12(14,15)16)8(13)9(17-18)11(20)19-6-4-2-3-5-7-19/h2-7H2,1H3. The molecular weight excluding hydrogens is 295 g/mol. The van der Waals surface area contributed by atoms with Gasteiger partial charge in [-0.25, -0.2) is 0 Å². The van der Waals surface area contributed by atoms with Gasteiger partial charge >= 0.3 is 6.18 Å². The first-order valence-corrected chi connectivity index (χ1v) is 6.79. The minimum atomic E-state index is -4.63. The van der Waals surface area contributed by atoms with Crippen molar-refractivity contribution in [2.75, 3.05) is 13.1 Å². The van der Waals surface area contributed by atoms with Gasteiger partial charge in [-0.05, 0) is 12.8 Å². The van der Waals surface area contributed by atoms with Crippen molar-refractivity contribution in [3.8, 4) is 0 Å². The monoisotopic (exact) mass is 309 g/mol. The summed E-state index contributed by atoms with van der Waals surface area (Å²) in [6, 6.07) is 0. The number of hydrogen-bond donors (Lipinski definition) is 0. The zero-order chi connectivity index (χ0) is 14.9. The van der Waals surface area contributed by atoms with Crippen molar-refractivity contribution in [3.05, 3.63) is 16.4 Å². The Morgan fingerprint density at radius 3 is 2.20 bits per heavy atom. The number of aromatic nitrogens is 2. The summed E-state index contributed by atoms with van der Waals surface area (Å²) in [4.78, 5) is 13.8. The van der Waals surface area contributed by atoms with E-state index in [4.69, 9.17) is 11.6 Å². The van der Waals surface area contributed by atoms with Crippen LogP contribution in [0, 0.1) is 0 Å². The SMILES string of the molecule is Cn1nc(C(=O)N2CCCCCC2)c(Cl)c1C(F)(F)F. The van der Waals surface area contributed by atoms with E-state index in [9.17, 15) is 18.0 Å². The van der Waals surface area contributed by atoms with Gasteiger partial charge in [-0.2, -0.15) is 18.3 Å². The predicted octanol–water partition coefficient (Wildman–Crippen LogP) is 3.11. The Morgan fingerprint density at radius 1 is 1.20 bits per heavy atom. The van der Waals surface area contributed by atoms with Crippen LogP contribution in [0.25, 0.3) is 0 Å². The number of rotatable bonds is 1. The Kier molecular flexibility index (Phi) is 4.27. The Labute approximate surface area is 119 Å². The highest BCUT2D eigenvalue weighted by Gasteiger charge is 2.40. The summed E-state index contributed by atoms with van der Waals surface area (Å²) in [5.41, 5.74) is -1.40. The molecule has 1 saturated heterocycles. The van der Waals surface area contributed by atoms with Gasteiger partial charge in [-0.15, -0.1) is 0 Å². The van der Waals surface area contributed by atoms with Crippen molar-refractivity contribution < 1.29 is 18.0 Å². The summed E-state index contributed by atoms with van der Waals surface area (Å²) in [5.74, 6) is -0.525.